The molecule has 11 nitrogen and oxygen atoms in total. The molecule has 0 aromatic heterocycles. The Balaban J connectivity index is 1.14. The molecule has 7 aliphatic rings. The number of nitroso groups, excluding NO2 is 1. The zero-order valence-corrected chi connectivity index (χ0v) is 29.1. The molecule has 0 aromatic carbocycles. The molecular weight excluding hydrogens is 606 g/mol. The third kappa shape index (κ3) is 4.79. The molecule has 266 valence electrons. The standard InChI is InChI=1S/C36H57NO10/c1-17-14-21(30(33(5,6)42)45-18(2)38)46-29-24(17)34(7)12-13-35-16-36(35)11-10-23(47-31-28(41)27(40)20(39)15-44-31)32(3,4)22(36)9-8-19(35)25(34)26(29)37-43/h17,19-31,39-42H,8-16H2,1-7H3/t17-,19?,20-,21-,22?,23+,24+,25-,26?,27+,28-,29+,30+,31?,34-,35+,36-/m1/s1. The van der Waals surface area contributed by atoms with Gasteiger partial charge in [-0.05, 0) is 116 Å². The molecule has 2 saturated heterocycles. The zero-order chi connectivity index (χ0) is 34.1. The number of carbonyl (C=O) groups is 1. The van der Waals surface area contributed by atoms with Gasteiger partial charge in [-0.3, -0.25) is 4.79 Å². The van der Waals surface area contributed by atoms with Crippen LogP contribution in [0.2, 0.25) is 0 Å². The predicted octanol–water partition coefficient (Wildman–Crippen LogP) is 3.71. The van der Waals surface area contributed by atoms with E-state index in [0.29, 0.717) is 18.3 Å². The average molecular weight is 664 g/mol. The van der Waals surface area contributed by atoms with Crippen molar-refractivity contribution in [3.63, 3.8) is 0 Å². The van der Waals surface area contributed by atoms with Gasteiger partial charge in [-0.1, -0.05) is 32.9 Å². The van der Waals surface area contributed by atoms with Crippen molar-refractivity contribution in [2.24, 2.45) is 56.4 Å². The summed E-state index contributed by atoms with van der Waals surface area (Å²) in [6.07, 6.45) is 1.20. The molecule has 4 unspecified atom stereocenters. The molecule has 0 bridgehead atoms. The van der Waals surface area contributed by atoms with Crippen LogP contribution in [-0.4, -0.2) is 93.7 Å². The van der Waals surface area contributed by atoms with Crippen molar-refractivity contribution >= 4 is 5.97 Å². The van der Waals surface area contributed by atoms with Crippen LogP contribution in [0.5, 0.6) is 0 Å². The summed E-state index contributed by atoms with van der Waals surface area (Å²) in [5.74, 6) is 0.787. The lowest BCUT2D eigenvalue weighted by atomic mass is 9.45. The first-order valence-electron chi connectivity index (χ1n) is 18.1. The van der Waals surface area contributed by atoms with Gasteiger partial charge >= 0.3 is 5.97 Å². The van der Waals surface area contributed by atoms with E-state index >= 15 is 0 Å². The topological polar surface area (TPSA) is 164 Å². The smallest absolute Gasteiger partial charge is 0.303 e. The minimum atomic E-state index is -1.31. The van der Waals surface area contributed by atoms with Crippen molar-refractivity contribution in [3.05, 3.63) is 4.91 Å². The number of aliphatic hydroxyl groups is 4. The fraction of sp³-hybridized carbons (Fsp3) is 0.972. The maximum atomic E-state index is 12.9. The number of carbonyl (C=O) groups excluding carboxylic acids is 1. The highest BCUT2D eigenvalue weighted by molar-refractivity contribution is 5.66. The van der Waals surface area contributed by atoms with E-state index in [2.05, 4.69) is 32.9 Å². The number of hydrogen-bond donors (Lipinski definition) is 4. The normalized spacial score (nSPS) is 53.7. The third-order valence-electron chi connectivity index (χ3n) is 15.1. The van der Waals surface area contributed by atoms with E-state index in [0.717, 1.165) is 44.9 Å². The summed E-state index contributed by atoms with van der Waals surface area (Å²) >= 11 is 0. The summed E-state index contributed by atoms with van der Waals surface area (Å²) in [5.41, 5.74) is -1.28. The number of fused-ring (bicyclic) bond motifs is 4. The number of ether oxygens (including phenoxy) is 4. The molecule has 2 heterocycles. The summed E-state index contributed by atoms with van der Waals surface area (Å²) in [5, 5.41) is 45.6. The number of aliphatic hydroxyl groups excluding tert-OH is 3. The molecule has 7 fully saturated rings. The minimum Gasteiger partial charge on any atom is -0.457 e. The predicted molar refractivity (Wildman–Crippen MR) is 170 cm³/mol. The molecule has 17 atom stereocenters. The van der Waals surface area contributed by atoms with E-state index in [9.17, 15) is 30.1 Å². The van der Waals surface area contributed by atoms with Gasteiger partial charge in [-0.25, -0.2) is 0 Å². The Morgan fingerprint density at radius 3 is 2.38 bits per heavy atom. The summed E-state index contributed by atoms with van der Waals surface area (Å²) < 4.78 is 24.5. The van der Waals surface area contributed by atoms with E-state index in [1.54, 1.807) is 13.8 Å². The van der Waals surface area contributed by atoms with Crippen LogP contribution in [0.1, 0.15) is 99.8 Å². The molecule has 0 amide bonds. The maximum Gasteiger partial charge on any atom is 0.303 e. The highest BCUT2D eigenvalue weighted by Gasteiger charge is 2.82. The van der Waals surface area contributed by atoms with Crippen LogP contribution in [0.4, 0.5) is 0 Å². The van der Waals surface area contributed by atoms with Gasteiger partial charge in [0.25, 0.3) is 0 Å². The quantitative estimate of drug-likeness (QED) is 0.187. The highest BCUT2D eigenvalue weighted by atomic mass is 16.7. The van der Waals surface area contributed by atoms with E-state index in [4.69, 9.17) is 18.9 Å². The lowest BCUT2D eigenvalue weighted by Gasteiger charge is -2.60. The van der Waals surface area contributed by atoms with Gasteiger partial charge < -0.3 is 39.4 Å². The van der Waals surface area contributed by atoms with Crippen LogP contribution in [-0.2, 0) is 23.7 Å². The van der Waals surface area contributed by atoms with Crippen molar-refractivity contribution in [1.82, 2.24) is 0 Å². The molecule has 5 aliphatic carbocycles. The van der Waals surface area contributed by atoms with Gasteiger partial charge in [0, 0.05) is 6.92 Å². The van der Waals surface area contributed by atoms with Crippen LogP contribution in [0.25, 0.3) is 0 Å². The molecule has 0 radical (unpaired) electrons. The highest BCUT2D eigenvalue weighted by Crippen LogP contribution is 2.87. The first kappa shape index (κ1) is 34.2. The van der Waals surface area contributed by atoms with Crippen LogP contribution in [0.15, 0.2) is 5.18 Å². The number of rotatable bonds is 6. The first-order chi connectivity index (χ1) is 21.9. The fourth-order valence-corrected chi connectivity index (χ4v) is 13.3. The molecule has 0 aromatic rings. The molecule has 5 saturated carbocycles. The van der Waals surface area contributed by atoms with Crippen LogP contribution in [0.3, 0.4) is 0 Å². The van der Waals surface area contributed by atoms with E-state index in [1.165, 1.54) is 6.92 Å². The van der Waals surface area contributed by atoms with Crippen LogP contribution in [0, 0.1) is 56.2 Å². The molecule has 11 heteroatoms. The second kappa shape index (κ2) is 11.1. The second-order valence-corrected chi connectivity index (χ2v) is 18.1. The monoisotopic (exact) mass is 663 g/mol. The van der Waals surface area contributed by atoms with Gasteiger partial charge in [0.15, 0.2) is 12.4 Å². The van der Waals surface area contributed by atoms with E-state index < -0.39 is 54.4 Å². The van der Waals surface area contributed by atoms with Gasteiger partial charge in [0.05, 0.1) is 30.5 Å². The Labute approximate surface area is 278 Å². The van der Waals surface area contributed by atoms with Crippen molar-refractivity contribution in [3.8, 4) is 0 Å². The summed E-state index contributed by atoms with van der Waals surface area (Å²) in [6, 6.07) is -0.495. The largest absolute Gasteiger partial charge is 0.457 e. The molecule has 2 spiro atoms. The SMILES string of the molecule is CC(=O)O[C@@H]([C@H]1C[C@@H](C)[C@H]2[C@H](O1)C(N=O)[C@H]1C3CCC4C(C)(C)[C@@H](OC5OC[C@@H](O)[C@H](O)[C@H]5O)CC[C@@]45C[C@@]35CC[C@@]12C)C(C)(C)O. The first-order valence-corrected chi connectivity index (χ1v) is 18.1. The minimum absolute atomic E-state index is 0.0759. The zero-order valence-electron chi connectivity index (χ0n) is 29.1. The Morgan fingerprint density at radius 1 is 1.00 bits per heavy atom. The fourth-order valence-electron chi connectivity index (χ4n) is 13.3. The molecular formula is C36H57NO10. The van der Waals surface area contributed by atoms with Crippen LogP contribution < -0.4 is 0 Å². The molecule has 7 rings (SSSR count). The average Bonchev–Trinajstić information content (AvgIpc) is 3.58. The number of esters is 1. The van der Waals surface area contributed by atoms with Gasteiger partial charge in [-0.2, -0.15) is 4.91 Å². The van der Waals surface area contributed by atoms with Gasteiger partial charge in [0.2, 0.25) is 0 Å². The molecule has 47 heavy (non-hydrogen) atoms. The lowest BCUT2D eigenvalue weighted by molar-refractivity contribution is -0.302. The Morgan fingerprint density at radius 2 is 1.72 bits per heavy atom. The number of hydrogen-bond acceptors (Lipinski definition) is 11. The molecule has 2 aliphatic heterocycles. The van der Waals surface area contributed by atoms with Crippen molar-refractivity contribution in [2.75, 3.05) is 6.61 Å². The van der Waals surface area contributed by atoms with Gasteiger partial charge in [-0.15, -0.1) is 0 Å². The number of nitrogens with zero attached hydrogens (tertiary/aromatic N) is 1. The second-order valence-electron chi connectivity index (χ2n) is 18.1. The summed E-state index contributed by atoms with van der Waals surface area (Å²) in [6.45, 7) is 13.7. The van der Waals surface area contributed by atoms with E-state index in [-0.39, 0.29) is 58.2 Å². The summed E-state index contributed by atoms with van der Waals surface area (Å²) in [7, 11) is 0. The third-order valence-corrected chi connectivity index (χ3v) is 15.1. The Kier molecular flexibility index (Phi) is 8.12. The van der Waals surface area contributed by atoms with Crippen molar-refractivity contribution in [1.29, 1.82) is 0 Å². The van der Waals surface area contributed by atoms with Gasteiger partial charge in [0.1, 0.15) is 24.4 Å². The Hall–Kier alpha value is -1.21. The van der Waals surface area contributed by atoms with Crippen molar-refractivity contribution in [2.45, 2.75) is 160 Å². The molecule has 4 N–H and O–H groups in total. The Bertz CT molecular complexity index is 1250. The maximum absolute atomic E-state index is 12.9. The van der Waals surface area contributed by atoms with E-state index in [1.807, 2.05) is 0 Å². The summed E-state index contributed by atoms with van der Waals surface area (Å²) in [4.78, 5) is 25.0. The van der Waals surface area contributed by atoms with Crippen molar-refractivity contribution < 1.29 is 44.2 Å². The van der Waals surface area contributed by atoms with Crippen LogP contribution >= 0.6 is 0 Å². The lowest BCUT2D eigenvalue weighted by Crippen LogP contribution is -2.59.